The smallest absolute Gasteiger partial charge is 0.231 e. The number of carbonyl (C=O) groups excluding carboxylic acids is 1. The molecular weight excluding hydrogens is 468 g/mol. The molecule has 1 amide bonds. The molecule has 0 saturated heterocycles. The van der Waals surface area contributed by atoms with Crippen molar-refractivity contribution in [1.82, 2.24) is 0 Å². The van der Waals surface area contributed by atoms with E-state index in [2.05, 4.69) is 42.1 Å². The van der Waals surface area contributed by atoms with Gasteiger partial charge in [-0.25, -0.2) is 8.42 Å². The van der Waals surface area contributed by atoms with Gasteiger partial charge in [-0.2, -0.15) is 0 Å². The van der Waals surface area contributed by atoms with E-state index in [1.165, 1.54) is 0 Å². The number of hydrogen-bond acceptors (Lipinski definition) is 3. The molecule has 0 aliphatic rings. The van der Waals surface area contributed by atoms with Crippen LogP contribution < -0.4 is 10.0 Å². The minimum atomic E-state index is -3.46. The molecule has 0 aromatic heterocycles. The molecule has 1 atom stereocenters. The van der Waals surface area contributed by atoms with Crippen molar-refractivity contribution >= 4 is 38.1 Å². The van der Waals surface area contributed by atoms with Crippen LogP contribution in [0.1, 0.15) is 42.9 Å². The maximum absolute atomic E-state index is 13.8. The van der Waals surface area contributed by atoms with Gasteiger partial charge in [0, 0.05) is 5.69 Å². The summed E-state index contributed by atoms with van der Waals surface area (Å²) in [5.74, 6) is -0.153. The van der Waals surface area contributed by atoms with E-state index < -0.39 is 10.0 Å². The molecular formula is C30H32N2O3S. The van der Waals surface area contributed by atoms with Crippen molar-refractivity contribution in [1.29, 1.82) is 0 Å². The van der Waals surface area contributed by atoms with E-state index in [-0.39, 0.29) is 11.8 Å². The van der Waals surface area contributed by atoms with E-state index in [1.807, 2.05) is 60.7 Å². The van der Waals surface area contributed by atoms with Gasteiger partial charge in [0.15, 0.2) is 0 Å². The Morgan fingerprint density at radius 1 is 0.861 bits per heavy atom. The van der Waals surface area contributed by atoms with Gasteiger partial charge >= 0.3 is 0 Å². The fourth-order valence-corrected chi connectivity index (χ4v) is 5.12. The summed E-state index contributed by atoms with van der Waals surface area (Å²) in [4.78, 5) is 13.8. The highest BCUT2D eigenvalue weighted by molar-refractivity contribution is 7.92. The second kappa shape index (κ2) is 11.0. The van der Waals surface area contributed by atoms with Crippen LogP contribution in [0.15, 0.2) is 91.0 Å². The summed E-state index contributed by atoms with van der Waals surface area (Å²) in [6.45, 7) is 4.23. The molecule has 0 fully saturated rings. The first-order chi connectivity index (χ1) is 17.2. The number of rotatable bonds is 9. The summed E-state index contributed by atoms with van der Waals surface area (Å²) in [7, 11) is -3.46. The third-order valence-corrected chi connectivity index (χ3v) is 6.74. The molecule has 0 radical (unpaired) electrons. The highest BCUT2D eigenvalue weighted by atomic mass is 32.2. The van der Waals surface area contributed by atoms with Gasteiger partial charge in [-0.05, 0) is 58.4 Å². The molecule has 4 rings (SSSR count). The molecule has 0 spiro atoms. The Morgan fingerprint density at radius 3 is 2.28 bits per heavy atom. The lowest BCUT2D eigenvalue weighted by Crippen LogP contribution is -2.23. The van der Waals surface area contributed by atoms with Gasteiger partial charge in [-0.3, -0.25) is 9.52 Å². The van der Waals surface area contributed by atoms with E-state index in [0.29, 0.717) is 30.1 Å². The van der Waals surface area contributed by atoms with Gasteiger partial charge < -0.3 is 5.32 Å². The number of amides is 1. The summed E-state index contributed by atoms with van der Waals surface area (Å²) in [6.07, 6.45) is 2.41. The van der Waals surface area contributed by atoms with E-state index in [0.717, 1.165) is 33.7 Å². The zero-order chi connectivity index (χ0) is 25.7. The average molecular weight is 501 g/mol. The number of nitrogens with one attached hydrogen (secondary N) is 2. The molecule has 0 saturated carbocycles. The van der Waals surface area contributed by atoms with Gasteiger partial charge in [0.2, 0.25) is 15.9 Å². The van der Waals surface area contributed by atoms with Crippen LogP contribution in [0.5, 0.6) is 0 Å². The van der Waals surface area contributed by atoms with Crippen LogP contribution in [-0.4, -0.2) is 20.6 Å². The fourth-order valence-electron chi connectivity index (χ4n) is 4.56. The second-order valence-corrected chi connectivity index (χ2v) is 11.4. The SMILES string of the molecule is CC(C)CC(C(=O)Nc1cc(NS(C)(=O)=O)ccc1Cc1ccccc1)c1cccc2ccccc12. The van der Waals surface area contributed by atoms with Crippen LogP contribution in [0.4, 0.5) is 11.4 Å². The van der Waals surface area contributed by atoms with E-state index in [1.54, 1.807) is 12.1 Å². The molecule has 4 aromatic carbocycles. The molecule has 186 valence electrons. The summed E-state index contributed by atoms with van der Waals surface area (Å²) in [6, 6.07) is 29.5. The topological polar surface area (TPSA) is 75.3 Å². The highest BCUT2D eigenvalue weighted by Crippen LogP contribution is 2.33. The zero-order valence-corrected chi connectivity index (χ0v) is 21.7. The van der Waals surface area contributed by atoms with Crippen molar-refractivity contribution in [2.24, 2.45) is 5.92 Å². The minimum Gasteiger partial charge on any atom is -0.325 e. The van der Waals surface area contributed by atoms with Gasteiger partial charge in [0.1, 0.15) is 0 Å². The van der Waals surface area contributed by atoms with Crippen LogP contribution in [-0.2, 0) is 21.2 Å². The largest absolute Gasteiger partial charge is 0.325 e. The van der Waals surface area contributed by atoms with Crippen LogP contribution >= 0.6 is 0 Å². The number of benzene rings is 4. The molecule has 1 unspecified atom stereocenters. The Labute approximate surface area is 213 Å². The molecule has 5 nitrogen and oxygen atoms in total. The summed E-state index contributed by atoms with van der Waals surface area (Å²) in [5, 5.41) is 5.32. The molecule has 0 aliphatic heterocycles. The van der Waals surface area contributed by atoms with Crippen molar-refractivity contribution in [2.75, 3.05) is 16.3 Å². The number of carbonyl (C=O) groups is 1. The predicted molar refractivity (Wildman–Crippen MR) is 149 cm³/mol. The van der Waals surface area contributed by atoms with Crippen molar-refractivity contribution in [3.63, 3.8) is 0 Å². The molecule has 6 heteroatoms. The zero-order valence-electron chi connectivity index (χ0n) is 20.9. The van der Waals surface area contributed by atoms with Gasteiger partial charge in [0.05, 0.1) is 17.9 Å². The second-order valence-electron chi connectivity index (χ2n) is 9.65. The van der Waals surface area contributed by atoms with E-state index >= 15 is 0 Å². The lowest BCUT2D eigenvalue weighted by atomic mass is 9.86. The van der Waals surface area contributed by atoms with Crippen LogP contribution in [0.3, 0.4) is 0 Å². The van der Waals surface area contributed by atoms with Crippen LogP contribution in [0.2, 0.25) is 0 Å². The van der Waals surface area contributed by atoms with E-state index in [4.69, 9.17) is 0 Å². The third kappa shape index (κ3) is 6.52. The predicted octanol–water partition coefficient (Wildman–Crippen LogP) is 6.57. The maximum atomic E-state index is 13.8. The molecule has 0 bridgehead atoms. The Balaban J connectivity index is 1.73. The minimum absolute atomic E-state index is 0.106. The number of anilines is 2. The van der Waals surface area contributed by atoms with Crippen LogP contribution in [0.25, 0.3) is 10.8 Å². The first-order valence-corrected chi connectivity index (χ1v) is 14.0. The monoisotopic (exact) mass is 500 g/mol. The maximum Gasteiger partial charge on any atom is 0.231 e. The lowest BCUT2D eigenvalue weighted by molar-refractivity contribution is -0.117. The lowest BCUT2D eigenvalue weighted by Gasteiger charge is -2.22. The highest BCUT2D eigenvalue weighted by Gasteiger charge is 2.24. The van der Waals surface area contributed by atoms with Crippen LogP contribution in [0, 0.1) is 5.92 Å². The first-order valence-electron chi connectivity index (χ1n) is 12.1. The van der Waals surface area contributed by atoms with Gasteiger partial charge in [-0.15, -0.1) is 0 Å². The van der Waals surface area contributed by atoms with E-state index in [9.17, 15) is 13.2 Å². The Morgan fingerprint density at radius 2 is 1.56 bits per heavy atom. The standard InChI is InChI=1S/C30H32N2O3S/c1-21(2)18-28(27-15-9-13-23-12-7-8-14-26(23)27)30(33)31-29-20-25(32-36(3,34)35)17-16-24(29)19-22-10-5-4-6-11-22/h4-17,20-21,28,32H,18-19H2,1-3H3,(H,31,33). The quantitative estimate of drug-likeness (QED) is 0.273. The average Bonchev–Trinajstić information content (AvgIpc) is 2.83. The van der Waals surface area contributed by atoms with Crippen molar-refractivity contribution < 1.29 is 13.2 Å². The molecule has 36 heavy (non-hydrogen) atoms. The third-order valence-electron chi connectivity index (χ3n) is 6.13. The van der Waals surface area contributed by atoms with Crippen molar-refractivity contribution in [2.45, 2.75) is 32.6 Å². The Kier molecular flexibility index (Phi) is 7.75. The van der Waals surface area contributed by atoms with Gasteiger partial charge in [-0.1, -0.05) is 92.7 Å². The fraction of sp³-hybridized carbons (Fsp3) is 0.233. The Hall–Kier alpha value is -3.64. The van der Waals surface area contributed by atoms with Gasteiger partial charge in [0.25, 0.3) is 0 Å². The molecule has 2 N–H and O–H groups in total. The first kappa shape index (κ1) is 25.5. The number of hydrogen-bond donors (Lipinski definition) is 2. The molecule has 4 aromatic rings. The summed E-state index contributed by atoms with van der Waals surface area (Å²) >= 11 is 0. The normalized spacial score (nSPS) is 12.4. The molecule has 0 aliphatic carbocycles. The van der Waals surface area contributed by atoms with Crippen molar-refractivity contribution in [3.05, 3.63) is 108 Å². The summed E-state index contributed by atoms with van der Waals surface area (Å²) in [5.41, 5.74) is 4.02. The molecule has 0 heterocycles. The number of fused-ring (bicyclic) bond motifs is 1. The van der Waals surface area contributed by atoms with Crippen molar-refractivity contribution in [3.8, 4) is 0 Å². The summed E-state index contributed by atoms with van der Waals surface area (Å²) < 4.78 is 26.2. The number of sulfonamides is 1. The Bertz CT molecular complexity index is 1460.